The molecule has 0 saturated heterocycles. The average molecular weight is 431 g/mol. The molecular formula is C25H38N2O4. The fourth-order valence-corrected chi connectivity index (χ4v) is 3.71. The summed E-state index contributed by atoms with van der Waals surface area (Å²) in [6.07, 6.45) is 4.44. The zero-order valence-corrected chi connectivity index (χ0v) is 19.8. The molecule has 0 aliphatic heterocycles. The molecule has 1 unspecified atom stereocenters. The lowest BCUT2D eigenvalue weighted by Gasteiger charge is -2.26. The van der Waals surface area contributed by atoms with E-state index in [4.69, 9.17) is 4.74 Å². The number of amides is 2. The predicted octanol–water partition coefficient (Wildman–Crippen LogP) is 4.12. The fraction of sp³-hybridized carbons (Fsp3) is 0.640. The van der Waals surface area contributed by atoms with Gasteiger partial charge >= 0.3 is 5.97 Å². The Labute approximate surface area is 186 Å². The van der Waals surface area contributed by atoms with Gasteiger partial charge in [-0.15, -0.1) is 0 Å². The molecule has 6 nitrogen and oxygen atoms in total. The molecule has 6 heteroatoms. The fourth-order valence-electron chi connectivity index (χ4n) is 3.71. The van der Waals surface area contributed by atoms with Gasteiger partial charge in [-0.1, -0.05) is 66.0 Å². The molecule has 1 aliphatic carbocycles. The highest BCUT2D eigenvalue weighted by Gasteiger charge is 2.30. The summed E-state index contributed by atoms with van der Waals surface area (Å²) in [6.45, 7) is 11.6. The van der Waals surface area contributed by atoms with Crippen molar-refractivity contribution in [3.8, 4) is 0 Å². The second-order valence-electron chi connectivity index (χ2n) is 9.95. The highest BCUT2D eigenvalue weighted by Crippen LogP contribution is 2.22. The molecule has 1 aromatic rings. The average Bonchev–Trinajstić information content (AvgIpc) is 2.71. The minimum absolute atomic E-state index is 0.00633. The molecule has 2 amide bonds. The Morgan fingerprint density at radius 1 is 0.968 bits per heavy atom. The first-order valence-electron chi connectivity index (χ1n) is 11.4. The van der Waals surface area contributed by atoms with Crippen molar-refractivity contribution in [1.82, 2.24) is 10.6 Å². The molecule has 0 spiro atoms. The van der Waals surface area contributed by atoms with Crippen molar-refractivity contribution in [2.24, 2.45) is 5.92 Å². The predicted molar refractivity (Wildman–Crippen MR) is 122 cm³/mol. The Bertz CT molecular complexity index is 759. The van der Waals surface area contributed by atoms with Gasteiger partial charge in [-0.2, -0.15) is 0 Å². The van der Waals surface area contributed by atoms with E-state index in [1.807, 2.05) is 26.0 Å². The summed E-state index contributed by atoms with van der Waals surface area (Å²) in [5, 5.41) is 5.74. The number of rotatable bonds is 7. The summed E-state index contributed by atoms with van der Waals surface area (Å²) >= 11 is 0. The highest BCUT2D eigenvalue weighted by molar-refractivity contribution is 5.97. The van der Waals surface area contributed by atoms with Crippen LogP contribution < -0.4 is 10.6 Å². The van der Waals surface area contributed by atoms with Crippen LogP contribution in [0.1, 0.15) is 89.6 Å². The third kappa shape index (κ3) is 7.37. The number of ether oxygens (including phenoxy) is 1. The third-order valence-corrected chi connectivity index (χ3v) is 5.83. The zero-order valence-electron chi connectivity index (χ0n) is 19.8. The van der Waals surface area contributed by atoms with Gasteiger partial charge in [0.15, 0.2) is 6.10 Å². The minimum atomic E-state index is -0.904. The summed E-state index contributed by atoms with van der Waals surface area (Å²) in [4.78, 5) is 37.9. The van der Waals surface area contributed by atoms with Crippen LogP contribution in [0.15, 0.2) is 24.3 Å². The normalized spacial score (nSPS) is 17.0. The lowest BCUT2D eigenvalue weighted by Crippen LogP contribution is -2.48. The molecule has 31 heavy (non-hydrogen) atoms. The lowest BCUT2D eigenvalue weighted by molar-refractivity contribution is -0.157. The van der Waals surface area contributed by atoms with Gasteiger partial charge in [0, 0.05) is 11.6 Å². The number of nitrogens with one attached hydrogen (secondary N) is 2. The van der Waals surface area contributed by atoms with E-state index in [0.717, 1.165) is 31.2 Å². The smallest absolute Gasteiger partial charge is 0.329 e. The van der Waals surface area contributed by atoms with Crippen LogP contribution >= 0.6 is 0 Å². The standard InChI is InChI=1S/C25H38N2O4/c1-16(2)21(27-23(29)18-12-14-19(15-13-18)25(4,5)6)24(30)31-17(3)22(28)26-20-10-8-7-9-11-20/h12-17,20-21H,7-11H2,1-6H3,(H,26,28)(H,27,29)/t17?,21-/m0/s1. The Morgan fingerprint density at radius 2 is 1.55 bits per heavy atom. The zero-order chi connectivity index (χ0) is 23.2. The molecule has 1 saturated carbocycles. The Morgan fingerprint density at radius 3 is 2.06 bits per heavy atom. The quantitative estimate of drug-likeness (QED) is 0.637. The number of carbonyl (C=O) groups is 3. The summed E-state index contributed by atoms with van der Waals surface area (Å²) < 4.78 is 5.41. The number of hydrogen-bond acceptors (Lipinski definition) is 4. The minimum Gasteiger partial charge on any atom is -0.451 e. The maximum absolute atomic E-state index is 12.7. The van der Waals surface area contributed by atoms with Crippen LogP contribution in [-0.4, -0.2) is 36.0 Å². The first kappa shape index (κ1) is 24.9. The summed E-state index contributed by atoms with van der Waals surface area (Å²) in [6, 6.07) is 6.70. The van der Waals surface area contributed by atoms with Crippen molar-refractivity contribution in [3.63, 3.8) is 0 Å². The van der Waals surface area contributed by atoms with E-state index in [-0.39, 0.29) is 29.2 Å². The lowest BCUT2D eigenvalue weighted by atomic mass is 9.86. The largest absolute Gasteiger partial charge is 0.451 e. The van der Waals surface area contributed by atoms with Crippen molar-refractivity contribution in [2.45, 2.75) is 97.2 Å². The Hall–Kier alpha value is -2.37. The maximum Gasteiger partial charge on any atom is 0.329 e. The van der Waals surface area contributed by atoms with Crippen molar-refractivity contribution < 1.29 is 19.1 Å². The second-order valence-corrected chi connectivity index (χ2v) is 9.95. The third-order valence-electron chi connectivity index (χ3n) is 5.83. The summed E-state index contributed by atoms with van der Waals surface area (Å²) in [5.41, 5.74) is 1.60. The number of benzene rings is 1. The molecule has 1 fully saturated rings. The van der Waals surface area contributed by atoms with Gasteiger partial charge in [-0.25, -0.2) is 4.79 Å². The first-order chi connectivity index (χ1) is 14.5. The van der Waals surface area contributed by atoms with Crippen molar-refractivity contribution in [1.29, 1.82) is 0 Å². The van der Waals surface area contributed by atoms with Crippen molar-refractivity contribution >= 4 is 17.8 Å². The van der Waals surface area contributed by atoms with Gasteiger partial charge < -0.3 is 15.4 Å². The van der Waals surface area contributed by atoms with E-state index in [0.29, 0.717) is 5.56 Å². The van der Waals surface area contributed by atoms with Crippen molar-refractivity contribution in [3.05, 3.63) is 35.4 Å². The van der Waals surface area contributed by atoms with E-state index in [1.165, 1.54) is 6.42 Å². The van der Waals surface area contributed by atoms with Gasteiger partial charge in [-0.3, -0.25) is 9.59 Å². The molecule has 0 bridgehead atoms. The van der Waals surface area contributed by atoms with Crippen LogP contribution in [-0.2, 0) is 19.7 Å². The van der Waals surface area contributed by atoms with Crippen molar-refractivity contribution in [2.75, 3.05) is 0 Å². The first-order valence-corrected chi connectivity index (χ1v) is 11.4. The maximum atomic E-state index is 12.7. The molecular weight excluding hydrogens is 392 g/mol. The van der Waals surface area contributed by atoms with Crippen LogP contribution in [0, 0.1) is 5.92 Å². The Kier molecular flexibility index (Phi) is 8.66. The van der Waals surface area contributed by atoms with Gasteiger partial charge in [0.25, 0.3) is 11.8 Å². The number of carbonyl (C=O) groups excluding carboxylic acids is 3. The molecule has 172 valence electrons. The SMILES string of the molecule is CC(OC(=O)[C@@H](NC(=O)c1ccc(C(C)(C)C)cc1)C(C)C)C(=O)NC1CCCCC1. The van der Waals surface area contributed by atoms with Crippen LogP contribution in [0.2, 0.25) is 0 Å². The molecule has 2 rings (SSSR count). The van der Waals surface area contributed by atoms with E-state index in [2.05, 4.69) is 31.4 Å². The molecule has 0 aromatic heterocycles. The topological polar surface area (TPSA) is 84.5 Å². The van der Waals surface area contributed by atoms with E-state index in [1.54, 1.807) is 19.1 Å². The van der Waals surface area contributed by atoms with Crippen LogP contribution in [0.4, 0.5) is 0 Å². The second kappa shape index (κ2) is 10.8. The molecule has 2 atom stereocenters. The summed E-state index contributed by atoms with van der Waals surface area (Å²) in [5.74, 6) is -1.40. The summed E-state index contributed by atoms with van der Waals surface area (Å²) in [7, 11) is 0. The molecule has 1 aliphatic rings. The van der Waals surface area contributed by atoms with Crippen LogP contribution in [0.25, 0.3) is 0 Å². The van der Waals surface area contributed by atoms with E-state index < -0.39 is 18.1 Å². The van der Waals surface area contributed by atoms with E-state index >= 15 is 0 Å². The van der Waals surface area contributed by atoms with Crippen LogP contribution in [0.5, 0.6) is 0 Å². The van der Waals surface area contributed by atoms with Gasteiger partial charge in [0.2, 0.25) is 0 Å². The monoisotopic (exact) mass is 430 g/mol. The highest BCUT2D eigenvalue weighted by atomic mass is 16.5. The van der Waals surface area contributed by atoms with Gasteiger partial charge in [0.05, 0.1) is 0 Å². The molecule has 0 radical (unpaired) electrons. The van der Waals surface area contributed by atoms with Gasteiger partial charge in [0.1, 0.15) is 6.04 Å². The Balaban J connectivity index is 1.96. The van der Waals surface area contributed by atoms with E-state index in [9.17, 15) is 14.4 Å². The number of esters is 1. The van der Waals surface area contributed by atoms with Crippen LogP contribution in [0.3, 0.4) is 0 Å². The van der Waals surface area contributed by atoms with Gasteiger partial charge in [-0.05, 0) is 48.8 Å². The number of hydrogen-bond donors (Lipinski definition) is 2. The molecule has 0 heterocycles. The molecule has 2 N–H and O–H groups in total. The molecule has 1 aromatic carbocycles.